The Morgan fingerprint density at radius 2 is 1.67 bits per heavy atom. The van der Waals surface area contributed by atoms with Crippen LogP contribution in [-0.2, 0) is 16.1 Å². The van der Waals surface area contributed by atoms with E-state index < -0.39 is 12.0 Å². The number of rotatable bonds is 9. The van der Waals surface area contributed by atoms with Gasteiger partial charge in [-0.05, 0) is 69.2 Å². The summed E-state index contributed by atoms with van der Waals surface area (Å²) in [6, 6.07) is 32.7. The van der Waals surface area contributed by atoms with E-state index >= 15 is 0 Å². The summed E-state index contributed by atoms with van der Waals surface area (Å²) < 4.78 is 14.5. The predicted molar refractivity (Wildman–Crippen MR) is 187 cm³/mol. The fraction of sp³-hybridized carbons (Fsp3) is 0.184. The topological polar surface area (TPSA) is 69.9 Å². The van der Waals surface area contributed by atoms with Gasteiger partial charge in [0.1, 0.15) is 12.4 Å². The van der Waals surface area contributed by atoms with Crippen LogP contribution in [0.5, 0.6) is 5.75 Å². The summed E-state index contributed by atoms with van der Waals surface area (Å²) in [6.45, 7) is 6.69. The molecule has 232 valence electrons. The molecular formula is C38H33BrN2O4S. The largest absolute Gasteiger partial charge is 0.488 e. The highest BCUT2D eigenvalue weighted by atomic mass is 79.9. The lowest BCUT2D eigenvalue weighted by Gasteiger charge is -2.26. The average Bonchev–Trinajstić information content (AvgIpc) is 3.38. The van der Waals surface area contributed by atoms with Crippen molar-refractivity contribution in [3.8, 4) is 5.75 Å². The highest BCUT2D eigenvalue weighted by Crippen LogP contribution is 2.35. The van der Waals surface area contributed by atoms with Gasteiger partial charge in [-0.2, -0.15) is 0 Å². The Kier molecular flexibility index (Phi) is 9.47. The predicted octanol–water partition coefficient (Wildman–Crippen LogP) is 7.40. The molecule has 0 radical (unpaired) electrons. The van der Waals surface area contributed by atoms with Crippen molar-refractivity contribution in [1.29, 1.82) is 0 Å². The monoisotopic (exact) mass is 692 g/mol. The van der Waals surface area contributed by atoms with Gasteiger partial charge < -0.3 is 9.47 Å². The summed E-state index contributed by atoms with van der Waals surface area (Å²) >= 11 is 4.94. The second kappa shape index (κ2) is 13.8. The summed E-state index contributed by atoms with van der Waals surface area (Å²) in [5, 5.41) is 0. The molecule has 6 nitrogen and oxygen atoms in total. The van der Waals surface area contributed by atoms with Crippen molar-refractivity contribution in [3.05, 3.63) is 161 Å². The summed E-state index contributed by atoms with van der Waals surface area (Å²) in [6.07, 6.45) is 1.85. The Morgan fingerprint density at radius 1 is 0.978 bits per heavy atom. The number of benzene rings is 4. The van der Waals surface area contributed by atoms with Crippen molar-refractivity contribution in [2.45, 2.75) is 39.3 Å². The van der Waals surface area contributed by atoms with Crippen molar-refractivity contribution in [2.24, 2.45) is 4.99 Å². The second-order valence-electron chi connectivity index (χ2n) is 11.2. The van der Waals surface area contributed by atoms with Crippen LogP contribution in [-0.4, -0.2) is 17.1 Å². The van der Waals surface area contributed by atoms with E-state index in [1.807, 2.05) is 97.1 Å². The number of carbonyl (C=O) groups is 1. The number of ether oxygens (including phenoxy) is 2. The summed E-state index contributed by atoms with van der Waals surface area (Å²) in [5.41, 5.74) is 5.28. The van der Waals surface area contributed by atoms with Crippen LogP contribution in [0.25, 0.3) is 11.8 Å². The molecule has 0 N–H and O–H groups in total. The highest BCUT2D eigenvalue weighted by Gasteiger charge is 2.35. The molecule has 0 fully saturated rings. The lowest BCUT2D eigenvalue weighted by atomic mass is 9.91. The molecule has 0 spiro atoms. The molecular weight excluding hydrogens is 660 g/mol. The smallest absolute Gasteiger partial charge is 0.338 e. The molecule has 1 atom stereocenters. The van der Waals surface area contributed by atoms with Gasteiger partial charge >= 0.3 is 5.97 Å². The van der Waals surface area contributed by atoms with Crippen molar-refractivity contribution >= 4 is 45.0 Å². The highest BCUT2D eigenvalue weighted by molar-refractivity contribution is 9.10. The average molecular weight is 694 g/mol. The van der Waals surface area contributed by atoms with Crippen LogP contribution in [0, 0.1) is 0 Å². The van der Waals surface area contributed by atoms with Gasteiger partial charge in [-0.15, -0.1) is 0 Å². The maximum atomic E-state index is 14.2. The van der Waals surface area contributed by atoms with Crippen LogP contribution in [0.1, 0.15) is 60.5 Å². The number of nitrogens with zero attached hydrogens (tertiary/aromatic N) is 2. The van der Waals surface area contributed by atoms with Crippen molar-refractivity contribution in [2.75, 3.05) is 6.61 Å². The number of thiazole rings is 1. The Morgan fingerprint density at radius 3 is 2.33 bits per heavy atom. The molecule has 1 aliphatic rings. The van der Waals surface area contributed by atoms with E-state index in [2.05, 4.69) is 41.9 Å². The molecule has 0 saturated heterocycles. The number of hydrogen-bond acceptors (Lipinski definition) is 6. The van der Waals surface area contributed by atoms with E-state index in [9.17, 15) is 9.59 Å². The van der Waals surface area contributed by atoms with Gasteiger partial charge in [0.15, 0.2) is 4.80 Å². The maximum Gasteiger partial charge on any atom is 0.338 e. The number of halogens is 1. The minimum atomic E-state index is -0.714. The normalized spacial score (nSPS) is 14.6. The fourth-order valence-corrected chi connectivity index (χ4v) is 6.94. The van der Waals surface area contributed by atoms with E-state index in [1.54, 1.807) is 11.5 Å². The van der Waals surface area contributed by atoms with Gasteiger partial charge in [0.05, 0.1) is 32.9 Å². The fourth-order valence-electron chi connectivity index (χ4n) is 5.43. The molecule has 0 unspecified atom stereocenters. The van der Waals surface area contributed by atoms with Crippen LogP contribution < -0.4 is 19.6 Å². The van der Waals surface area contributed by atoms with E-state index in [0.29, 0.717) is 38.9 Å². The first-order chi connectivity index (χ1) is 22.3. The molecule has 1 aliphatic heterocycles. The number of esters is 1. The van der Waals surface area contributed by atoms with Gasteiger partial charge in [0.25, 0.3) is 5.56 Å². The van der Waals surface area contributed by atoms with Crippen LogP contribution in [0.3, 0.4) is 0 Å². The zero-order chi connectivity index (χ0) is 32.2. The molecule has 4 aromatic carbocycles. The van der Waals surface area contributed by atoms with Crippen LogP contribution >= 0.6 is 27.3 Å². The molecule has 1 aromatic heterocycles. The van der Waals surface area contributed by atoms with Crippen LogP contribution in [0.4, 0.5) is 0 Å². The molecule has 2 heterocycles. The molecule has 0 saturated carbocycles. The maximum absolute atomic E-state index is 14.2. The Labute approximate surface area is 280 Å². The first-order valence-electron chi connectivity index (χ1n) is 15.2. The van der Waals surface area contributed by atoms with E-state index in [-0.39, 0.29) is 12.2 Å². The summed E-state index contributed by atoms with van der Waals surface area (Å²) in [5.74, 6) is 0.552. The van der Waals surface area contributed by atoms with E-state index in [4.69, 9.17) is 14.5 Å². The molecule has 5 aromatic rings. The second-order valence-corrected chi connectivity index (χ2v) is 13.1. The van der Waals surface area contributed by atoms with Crippen molar-refractivity contribution in [1.82, 2.24) is 4.57 Å². The number of fused-ring (bicyclic) bond motifs is 1. The first-order valence-corrected chi connectivity index (χ1v) is 16.8. The van der Waals surface area contributed by atoms with Gasteiger partial charge in [0.2, 0.25) is 0 Å². The molecule has 46 heavy (non-hydrogen) atoms. The van der Waals surface area contributed by atoms with Gasteiger partial charge in [-0.3, -0.25) is 9.36 Å². The van der Waals surface area contributed by atoms with Gasteiger partial charge in [-0.1, -0.05) is 116 Å². The van der Waals surface area contributed by atoms with Gasteiger partial charge in [0, 0.05) is 5.56 Å². The van der Waals surface area contributed by atoms with Crippen molar-refractivity contribution in [3.63, 3.8) is 0 Å². The molecule has 0 amide bonds. The SMILES string of the molecule is CCOC(=O)C1=C(c2ccccc2)N=c2s/c(=C\c3ccc(OCc4ccccc4)c(Br)c3)c(=O)n2[C@@H]1c1ccc(C(C)C)cc1. The van der Waals surface area contributed by atoms with Gasteiger partial charge in [-0.25, -0.2) is 9.79 Å². The van der Waals surface area contributed by atoms with Crippen molar-refractivity contribution < 1.29 is 14.3 Å². The summed E-state index contributed by atoms with van der Waals surface area (Å²) in [7, 11) is 0. The zero-order valence-corrected chi connectivity index (χ0v) is 28.2. The zero-order valence-electron chi connectivity index (χ0n) is 25.8. The summed E-state index contributed by atoms with van der Waals surface area (Å²) in [4.78, 5) is 33.4. The van der Waals surface area contributed by atoms with Crippen LogP contribution in [0.2, 0.25) is 0 Å². The Hall–Kier alpha value is -4.53. The Balaban J connectivity index is 1.47. The molecule has 0 bridgehead atoms. The number of aromatic nitrogens is 1. The third-order valence-electron chi connectivity index (χ3n) is 7.78. The number of carbonyl (C=O) groups excluding carboxylic acids is 1. The lowest BCUT2D eigenvalue weighted by molar-refractivity contribution is -0.138. The minimum Gasteiger partial charge on any atom is -0.488 e. The molecule has 0 aliphatic carbocycles. The first kappa shape index (κ1) is 31.5. The lowest BCUT2D eigenvalue weighted by Crippen LogP contribution is -2.40. The minimum absolute atomic E-state index is 0.202. The Bertz CT molecular complexity index is 2080. The molecule has 6 rings (SSSR count). The molecule has 8 heteroatoms. The third kappa shape index (κ3) is 6.55. The van der Waals surface area contributed by atoms with Crippen LogP contribution in [0.15, 0.2) is 123 Å². The van der Waals surface area contributed by atoms with E-state index in [0.717, 1.165) is 26.7 Å². The van der Waals surface area contributed by atoms with E-state index in [1.165, 1.54) is 16.9 Å². The quantitative estimate of drug-likeness (QED) is 0.151. The number of hydrogen-bond donors (Lipinski definition) is 0. The standard InChI is InChI=1S/C38H33BrN2O4S/c1-4-44-37(43)33-34(28-13-9-6-10-14-28)40-38-41(35(33)29-18-16-27(17-19-29)24(2)3)36(42)32(46-38)22-26-15-20-31(30(39)21-26)45-23-25-11-7-5-8-12-25/h5-22,24,35H,4,23H2,1-3H3/b32-22-/t35-/m1/s1. The third-order valence-corrected chi connectivity index (χ3v) is 9.39.